The molecule has 1 unspecified atom stereocenters. The Hall–Kier alpha value is -4.71. The minimum atomic E-state index is -4.11. The molecule has 0 saturated heterocycles. The summed E-state index contributed by atoms with van der Waals surface area (Å²) in [4.78, 5) is 7.93. The van der Waals surface area contributed by atoms with Gasteiger partial charge < -0.3 is 22.9 Å². The Morgan fingerprint density at radius 2 is 1.07 bits per heavy atom. The molecule has 5 N–H and O–H groups in total. The Kier molecular flexibility index (Phi) is 16.3. The number of guanidine groups is 2. The number of aliphatic imine (C=N–C) groups is 1. The van der Waals surface area contributed by atoms with Gasteiger partial charge in [-0.2, -0.15) is 4.99 Å². The largest absolute Gasteiger partial charge is 1.00 e. The number of rotatable bonds is 21. The van der Waals surface area contributed by atoms with E-state index in [1.165, 1.54) is 44.1 Å². The summed E-state index contributed by atoms with van der Waals surface area (Å²) in [5.41, 5.74) is 8.39. The first-order valence-electron chi connectivity index (χ1n) is 20.2. The number of hydrogen-bond donors (Lipinski definition) is 4. The van der Waals surface area contributed by atoms with Gasteiger partial charge in [-0.15, -0.1) is 0 Å². The van der Waals surface area contributed by atoms with Crippen molar-refractivity contribution < 1.29 is 26.3 Å². The van der Waals surface area contributed by atoms with E-state index in [1.54, 1.807) is 0 Å². The maximum absolute atomic E-state index is 18.6. The van der Waals surface area contributed by atoms with Gasteiger partial charge in [0.2, 0.25) is 0 Å². The summed E-state index contributed by atoms with van der Waals surface area (Å²) in [6.45, 7) is -2.62. The molecule has 1 aliphatic rings. The second-order valence-corrected chi connectivity index (χ2v) is 19.0. The van der Waals surface area contributed by atoms with Crippen molar-refractivity contribution in [3.05, 3.63) is 157 Å². The molecule has 6 nitrogen and oxygen atoms in total. The third-order valence-corrected chi connectivity index (χ3v) is 16.0. The second kappa shape index (κ2) is 21.6. The fourth-order valence-corrected chi connectivity index (χ4v) is 12.5. The van der Waals surface area contributed by atoms with Gasteiger partial charge in [-0.3, -0.25) is 10.3 Å². The van der Waals surface area contributed by atoms with Crippen molar-refractivity contribution in [2.75, 3.05) is 19.3 Å². The van der Waals surface area contributed by atoms with Crippen molar-refractivity contribution in [2.45, 2.75) is 76.8 Å². The van der Waals surface area contributed by atoms with Gasteiger partial charge in [-0.25, -0.2) is 5.32 Å². The van der Waals surface area contributed by atoms with Crippen LogP contribution in [-0.4, -0.2) is 31.2 Å². The summed E-state index contributed by atoms with van der Waals surface area (Å²) in [7, 11) is 0. The third kappa shape index (κ3) is 11.2. The van der Waals surface area contributed by atoms with Crippen LogP contribution in [-0.2, 0) is 6.42 Å². The molecule has 0 saturated carbocycles. The van der Waals surface area contributed by atoms with Crippen molar-refractivity contribution in [2.24, 2.45) is 10.7 Å². The standard InChI is InChI=1S/C47H57FN5OP.ClH/c48-55(42-25-15-10-16-26-42,43-27-17-11-18-28-43,44-29-19-12-20-30-44)38-22-8-6-4-2-1-3-5-7-21-37-54-41-33-31-40(32-34-41)45-51-46(49)53-47(52-45)50-36-35-39-23-13-9-14-24-39;/h9-20,23-34,45H,1-8,21-22,35-38H2,(H4,49,50,51,52,53);1H. The smallest absolute Gasteiger partial charge is 0.352 e. The van der Waals surface area contributed by atoms with E-state index in [2.05, 4.69) is 44.9 Å². The first kappa shape index (κ1) is 42.4. The van der Waals surface area contributed by atoms with Crippen LogP contribution < -0.4 is 54.4 Å². The Bertz CT molecular complexity index is 1830. The van der Waals surface area contributed by atoms with Crippen LogP contribution in [0.15, 0.2) is 151 Å². The molecular weight excluding hydrogens is 736 g/mol. The molecule has 0 spiro atoms. The average Bonchev–Trinajstić information content (AvgIpc) is 3.24. The van der Waals surface area contributed by atoms with Crippen LogP contribution in [0.5, 0.6) is 5.75 Å². The normalized spacial score (nSPS) is 15.4. The van der Waals surface area contributed by atoms with Crippen LogP contribution in [0.2, 0.25) is 0 Å². The van der Waals surface area contributed by atoms with E-state index >= 15 is 4.20 Å². The molecule has 6 rings (SSSR count). The number of benzene rings is 5. The summed E-state index contributed by atoms with van der Waals surface area (Å²) >= 11 is 0. The molecule has 5 aromatic carbocycles. The van der Waals surface area contributed by atoms with Crippen molar-refractivity contribution in [1.29, 1.82) is 0 Å². The molecule has 0 fully saturated rings. The maximum atomic E-state index is 18.6. The average molecular weight is 794 g/mol. The molecule has 56 heavy (non-hydrogen) atoms. The van der Waals surface area contributed by atoms with E-state index in [1.807, 2.05) is 121 Å². The van der Waals surface area contributed by atoms with Gasteiger partial charge >= 0.3 is 201 Å². The van der Waals surface area contributed by atoms with Crippen LogP contribution in [0, 0.1) is 0 Å². The van der Waals surface area contributed by atoms with Gasteiger partial charge in [-0.05, 0) is 29.8 Å². The zero-order valence-electron chi connectivity index (χ0n) is 32.5. The number of nitrogens with zero attached hydrogens (tertiary/aromatic N) is 1. The van der Waals surface area contributed by atoms with Crippen molar-refractivity contribution in [3.8, 4) is 5.75 Å². The minimum Gasteiger partial charge on any atom is -1.00 e. The van der Waals surface area contributed by atoms with Gasteiger partial charge in [0.05, 0.1) is 6.54 Å². The van der Waals surface area contributed by atoms with E-state index in [0.29, 0.717) is 18.7 Å². The molecular formula is C47H58ClFN5OP. The number of nitrogens with two attached hydrogens (primary N) is 1. The molecule has 1 heterocycles. The number of unbranched alkanes of at least 4 members (excludes halogenated alkanes) is 9. The van der Waals surface area contributed by atoms with E-state index in [0.717, 1.165) is 71.8 Å². The van der Waals surface area contributed by atoms with E-state index in [9.17, 15) is 0 Å². The molecule has 0 amide bonds. The summed E-state index contributed by atoms with van der Waals surface area (Å²) in [5, 5.41) is 8.97. The molecule has 9 heteroatoms. The Balaban J connectivity index is 0.00000600. The quantitative estimate of drug-likeness (QED) is 0.0649. The van der Waals surface area contributed by atoms with E-state index < -0.39 is 6.91 Å². The molecule has 0 aromatic heterocycles. The SMILES string of the molecule is NC1=NC(c2ccc(OCCCCCCCCCCCCP(F)(c3ccccc3)(c3ccccc3)c3ccccc3)cc2)NC(=[NH+]CCc2ccccc2)N1.[Cl-]. The van der Waals surface area contributed by atoms with Crippen LogP contribution in [0.4, 0.5) is 4.20 Å². The topological polar surface area (TPSA) is 85.6 Å². The molecule has 0 aliphatic carbocycles. The Morgan fingerprint density at radius 3 is 1.59 bits per heavy atom. The van der Waals surface area contributed by atoms with Crippen LogP contribution in [0.1, 0.15) is 81.5 Å². The van der Waals surface area contributed by atoms with Crippen LogP contribution in [0.25, 0.3) is 0 Å². The zero-order valence-corrected chi connectivity index (χ0v) is 34.1. The number of halogens is 2. The summed E-state index contributed by atoms with van der Waals surface area (Å²) in [6.07, 6.45) is 12.7. The zero-order chi connectivity index (χ0) is 38.0. The number of nitrogens with one attached hydrogen (secondary N) is 3. The third-order valence-electron chi connectivity index (χ3n) is 10.7. The molecule has 0 radical (unpaired) electrons. The van der Waals surface area contributed by atoms with Gasteiger partial charge in [0.25, 0.3) is 5.96 Å². The predicted molar refractivity (Wildman–Crippen MR) is 231 cm³/mol. The molecule has 1 aliphatic heterocycles. The molecule has 296 valence electrons. The van der Waals surface area contributed by atoms with Crippen molar-refractivity contribution in [1.82, 2.24) is 10.6 Å². The Morgan fingerprint density at radius 1 is 0.607 bits per heavy atom. The van der Waals surface area contributed by atoms with Gasteiger partial charge in [-0.1, -0.05) is 30.3 Å². The summed E-state index contributed by atoms with van der Waals surface area (Å²) in [5.74, 6) is 2.01. The summed E-state index contributed by atoms with van der Waals surface area (Å²) in [6, 6.07) is 48.4. The first-order chi connectivity index (χ1) is 27.0. The second-order valence-electron chi connectivity index (χ2n) is 14.6. The Labute approximate surface area is 339 Å². The minimum absolute atomic E-state index is 0. The fraction of sp³-hybridized carbons (Fsp3) is 0.319. The summed E-state index contributed by atoms with van der Waals surface area (Å²) < 4.78 is 24.6. The fourth-order valence-electron chi connectivity index (χ4n) is 7.65. The predicted octanol–water partition coefficient (Wildman–Crippen LogP) is 4.57. The monoisotopic (exact) mass is 793 g/mol. The number of ether oxygens (including phenoxy) is 1. The van der Waals surface area contributed by atoms with E-state index in [-0.39, 0.29) is 18.6 Å². The van der Waals surface area contributed by atoms with Gasteiger partial charge in [0.1, 0.15) is 5.75 Å². The number of hydrogen-bond acceptors (Lipinski definition) is 3. The van der Waals surface area contributed by atoms with E-state index in [4.69, 9.17) is 10.5 Å². The first-order valence-corrected chi connectivity index (χ1v) is 22.5. The maximum Gasteiger partial charge on any atom is 0.352 e. The molecule has 0 bridgehead atoms. The molecule has 1 atom stereocenters. The van der Waals surface area contributed by atoms with Gasteiger partial charge in [0.15, 0.2) is 6.17 Å². The van der Waals surface area contributed by atoms with Crippen LogP contribution in [0.3, 0.4) is 0 Å². The van der Waals surface area contributed by atoms with Gasteiger partial charge in [0, 0.05) is 12.0 Å². The van der Waals surface area contributed by atoms with Crippen molar-refractivity contribution in [3.63, 3.8) is 0 Å². The van der Waals surface area contributed by atoms with Crippen LogP contribution >= 0.6 is 6.91 Å². The molecule has 5 aromatic rings. The van der Waals surface area contributed by atoms with Crippen molar-refractivity contribution >= 4 is 34.7 Å².